The van der Waals surface area contributed by atoms with Crippen molar-refractivity contribution in [1.82, 2.24) is 0 Å². The maximum atomic E-state index is 13.0. The van der Waals surface area contributed by atoms with Gasteiger partial charge in [-0.05, 0) is 49.4 Å². The fourth-order valence-electron chi connectivity index (χ4n) is 11.2. The Morgan fingerprint density at radius 2 is 0.516 bits per heavy atom. The molecule has 0 aliphatic heterocycles. The van der Waals surface area contributed by atoms with Crippen molar-refractivity contribution in [3.8, 4) is 0 Å². The van der Waals surface area contributed by atoms with E-state index in [0.717, 1.165) is 114 Å². The van der Waals surface area contributed by atoms with Crippen LogP contribution in [0.25, 0.3) is 0 Å². The second-order valence-electron chi connectivity index (χ2n) is 28.4. The molecule has 0 aromatic rings. The molecule has 0 saturated heterocycles. The molecule has 6 atom stereocenters. The molecule has 93 heavy (non-hydrogen) atoms. The zero-order valence-electron chi connectivity index (χ0n) is 60.9. The van der Waals surface area contributed by atoms with Crippen molar-refractivity contribution in [3.63, 3.8) is 0 Å². The first-order valence-corrected chi connectivity index (χ1v) is 41.2. The number of hydrogen-bond donors (Lipinski definition) is 3. The summed E-state index contributed by atoms with van der Waals surface area (Å²) in [7, 11) is -9.91. The van der Waals surface area contributed by atoms with Gasteiger partial charge in [0, 0.05) is 25.7 Å². The molecular weight excluding hydrogens is 1220 g/mol. The molecule has 0 spiro atoms. The first kappa shape index (κ1) is 91.1. The second kappa shape index (κ2) is 63.5. The minimum Gasteiger partial charge on any atom is -0.462 e. The number of phosphoric ester groups is 2. The number of carbonyl (C=O) groups excluding carboxylic acids is 4. The SMILES string of the molecule is CCC(C)CCCCCCCCC(=O)OC[C@H](COP(=O)(O)OC[C@H](O)COP(=O)(O)OC[C@@H](COC(=O)CCCCCCCCCCCCC(C)C)OC(=O)CCCCCCCCC(C)C)OC(=O)CCCCCCCCCCCCCCCCCCCCC(C)C. The van der Waals surface area contributed by atoms with Gasteiger partial charge in [-0.15, -0.1) is 0 Å². The van der Waals surface area contributed by atoms with Gasteiger partial charge in [-0.1, -0.05) is 319 Å². The van der Waals surface area contributed by atoms with Crippen LogP contribution in [0.15, 0.2) is 0 Å². The highest BCUT2D eigenvalue weighted by atomic mass is 31.2. The van der Waals surface area contributed by atoms with Crippen LogP contribution < -0.4 is 0 Å². The maximum absolute atomic E-state index is 13.0. The van der Waals surface area contributed by atoms with Crippen LogP contribution in [0.4, 0.5) is 0 Å². The van der Waals surface area contributed by atoms with Crippen LogP contribution in [0.3, 0.4) is 0 Å². The molecule has 0 amide bonds. The number of hydrogen-bond acceptors (Lipinski definition) is 15. The molecule has 0 heterocycles. The lowest BCUT2D eigenvalue weighted by molar-refractivity contribution is -0.161. The molecule has 0 aromatic heterocycles. The Bertz CT molecular complexity index is 1840. The number of phosphoric acid groups is 2. The molecule has 19 heteroatoms. The summed E-state index contributed by atoms with van der Waals surface area (Å²) in [4.78, 5) is 72.6. The monoisotopic (exact) mass is 1370 g/mol. The summed E-state index contributed by atoms with van der Waals surface area (Å²) in [6.45, 7) is 14.1. The molecule has 0 fully saturated rings. The topological polar surface area (TPSA) is 237 Å². The van der Waals surface area contributed by atoms with E-state index in [0.29, 0.717) is 31.6 Å². The summed E-state index contributed by atoms with van der Waals surface area (Å²) in [6, 6.07) is 0. The highest BCUT2D eigenvalue weighted by Gasteiger charge is 2.30. The van der Waals surface area contributed by atoms with Gasteiger partial charge in [0.15, 0.2) is 12.2 Å². The van der Waals surface area contributed by atoms with Gasteiger partial charge in [0.2, 0.25) is 0 Å². The number of unbranched alkanes of at least 4 members (excludes halogenated alkanes) is 36. The van der Waals surface area contributed by atoms with E-state index in [2.05, 4.69) is 55.4 Å². The van der Waals surface area contributed by atoms with E-state index in [1.54, 1.807) is 0 Å². The summed E-state index contributed by atoms with van der Waals surface area (Å²) in [5.41, 5.74) is 0. The third-order valence-electron chi connectivity index (χ3n) is 17.4. The van der Waals surface area contributed by atoms with Gasteiger partial charge in [-0.3, -0.25) is 37.3 Å². The first-order valence-electron chi connectivity index (χ1n) is 38.2. The van der Waals surface area contributed by atoms with Crippen LogP contribution in [0.5, 0.6) is 0 Å². The molecule has 3 unspecified atom stereocenters. The van der Waals surface area contributed by atoms with E-state index in [1.165, 1.54) is 167 Å². The van der Waals surface area contributed by atoms with Gasteiger partial charge in [-0.2, -0.15) is 0 Å². The molecular formula is C74H144O17P2. The normalized spacial score (nSPS) is 14.5. The predicted octanol–water partition coefficient (Wildman–Crippen LogP) is 21.3. The fourth-order valence-corrected chi connectivity index (χ4v) is 12.7. The van der Waals surface area contributed by atoms with Crippen LogP contribution >= 0.6 is 15.6 Å². The second-order valence-corrected chi connectivity index (χ2v) is 31.3. The van der Waals surface area contributed by atoms with Gasteiger partial charge in [0.25, 0.3) is 0 Å². The van der Waals surface area contributed by atoms with Crippen molar-refractivity contribution in [2.75, 3.05) is 39.6 Å². The van der Waals surface area contributed by atoms with E-state index in [-0.39, 0.29) is 25.7 Å². The highest BCUT2D eigenvalue weighted by molar-refractivity contribution is 7.47. The zero-order valence-corrected chi connectivity index (χ0v) is 62.7. The molecule has 3 N–H and O–H groups in total. The largest absolute Gasteiger partial charge is 0.472 e. The van der Waals surface area contributed by atoms with Gasteiger partial charge >= 0.3 is 39.5 Å². The van der Waals surface area contributed by atoms with Crippen molar-refractivity contribution in [3.05, 3.63) is 0 Å². The molecule has 0 radical (unpaired) electrons. The smallest absolute Gasteiger partial charge is 0.462 e. The quantitative estimate of drug-likeness (QED) is 0.0222. The maximum Gasteiger partial charge on any atom is 0.472 e. The summed E-state index contributed by atoms with van der Waals surface area (Å²) in [6.07, 6.45) is 47.6. The van der Waals surface area contributed by atoms with Gasteiger partial charge < -0.3 is 33.8 Å². The Morgan fingerprint density at radius 1 is 0.301 bits per heavy atom. The van der Waals surface area contributed by atoms with Crippen LogP contribution in [0, 0.1) is 23.7 Å². The fraction of sp³-hybridized carbons (Fsp3) is 0.946. The third-order valence-corrected chi connectivity index (χ3v) is 19.3. The number of esters is 4. The number of carbonyl (C=O) groups is 4. The molecule has 0 aliphatic carbocycles. The number of rotatable bonds is 71. The van der Waals surface area contributed by atoms with E-state index in [9.17, 15) is 43.2 Å². The number of aliphatic hydroxyl groups excluding tert-OH is 1. The van der Waals surface area contributed by atoms with Gasteiger partial charge in [0.1, 0.15) is 19.3 Å². The molecule has 0 bridgehead atoms. The van der Waals surface area contributed by atoms with Crippen molar-refractivity contribution in [2.24, 2.45) is 23.7 Å². The minimum atomic E-state index is -4.95. The summed E-state index contributed by atoms with van der Waals surface area (Å²) in [5, 5.41) is 10.6. The number of aliphatic hydroxyl groups is 1. The Labute approximate surface area is 568 Å². The Hall–Kier alpha value is -1.94. The van der Waals surface area contributed by atoms with E-state index < -0.39 is 97.5 Å². The summed E-state index contributed by atoms with van der Waals surface area (Å²) in [5.74, 6) is 0.849. The Morgan fingerprint density at radius 3 is 0.763 bits per heavy atom. The average Bonchev–Trinajstić information content (AvgIpc) is 1.85. The molecule has 552 valence electrons. The van der Waals surface area contributed by atoms with Crippen LogP contribution in [-0.4, -0.2) is 96.7 Å². The van der Waals surface area contributed by atoms with E-state index >= 15 is 0 Å². The third kappa shape index (κ3) is 67.0. The number of ether oxygens (including phenoxy) is 4. The van der Waals surface area contributed by atoms with Crippen LogP contribution in [0.2, 0.25) is 0 Å². The van der Waals surface area contributed by atoms with Gasteiger partial charge in [0.05, 0.1) is 26.4 Å². The molecule has 0 aliphatic rings. The molecule has 0 saturated carbocycles. The predicted molar refractivity (Wildman–Crippen MR) is 377 cm³/mol. The van der Waals surface area contributed by atoms with Crippen molar-refractivity contribution in [2.45, 2.75) is 388 Å². The zero-order chi connectivity index (χ0) is 68.9. The summed E-state index contributed by atoms with van der Waals surface area (Å²) < 4.78 is 68.3. The molecule has 0 aromatic carbocycles. The van der Waals surface area contributed by atoms with Crippen molar-refractivity contribution in [1.29, 1.82) is 0 Å². The lowest BCUT2D eigenvalue weighted by atomic mass is 10.00. The lowest BCUT2D eigenvalue weighted by Gasteiger charge is -2.21. The van der Waals surface area contributed by atoms with Crippen molar-refractivity contribution >= 4 is 39.5 Å². The standard InChI is InChI=1S/C74H144O17P2/c1-9-67(8)53-45-37-31-33-39-47-55-72(77)85-61-69(90-73(78)56-48-40-29-25-19-17-15-13-11-10-12-14-16-18-22-26-34-42-50-64(2)3)62-88-92(80,81)86-58-68(75)59-87-93(82,83)89-63-70(91-74(79)57-49-41-32-30-36-44-52-66(6)7)60-84-71(76)54-46-38-28-24-21-20-23-27-35-43-51-65(4)5/h64-70,75H,9-63H2,1-8H3,(H,80,81)(H,82,83)/t67?,68-,69+,70+/m0/s1. The van der Waals surface area contributed by atoms with Crippen LogP contribution in [0.1, 0.15) is 370 Å². The average molecular weight is 1370 g/mol. The minimum absolute atomic E-state index is 0.101. The molecule has 17 nitrogen and oxygen atoms in total. The van der Waals surface area contributed by atoms with Crippen LogP contribution in [-0.2, 0) is 65.4 Å². The Balaban J connectivity index is 5.16. The van der Waals surface area contributed by atoms with Crippen molar-refractivity contribution < 1.29 is 80.2 Å². The van der Waals surface area contributed by atoms with Gasteiger partial charge in [-0.25, -0.2) is 9.13 Å². The lowest BCUT2D eigenvalue weighted by Crippen LogP contribution is -2.30. The van der Waals surface area contributed by atoms with E-state index in [1.807, 2.05) is 0 Å². The Kier molecular flexibility index (Phi) is 62.2. The van der Waals surface area contributed by atoms with E-state index in [4.69, 9.17) is 37.0 Å². The summed E-state index contributed by atoms with van der Waals surface area (Å²) >= 11 is 0. The first-order chi connectivity index (χ1) is 44.6. The molecule has 0 rings (SSSR count). The highest BCUT2D eigenvalue weighted by Crippen LogP contribution is 2.45.